The highest BCUT2D eigenvalue weighted by Crippen LogP contribution is 2.41. The highest BCUT2D eigenvalue weighted by atomic mass is 32.2. The van der Waals surface area contributed by atoms with Gasteiger partial charge < -0.3 is 4.90 Å². The fourth-order valence-corrected chi connectivity index (χ4v) is 7.60. The molecule has 2 aromatic heterocycles. The number of aryl methyl sites for hydroxylation is 1. The predicted octanol–water partition coefficient (Wildman–Crippen LogP) is 5.17. The second-order valence-corrected chi connectivity index (χ2v) is 12.8. The van der Waals surface area contributed by atoms with Crippen molar-refractivity contribution in [3.63, 3.8) is 0 Å². The molecular weight excluding hydrogens is 589 g/mol. The molecule has 44 heavy (non-hydrogen) atoms. The molecule has 1 unspecified atom stereocenters. The Morgan fingerprint density at radius 1 is 1.02 bits per heavy atom. The highest BCUT2D eigenvalue weighted by molar-refractivity contribution is 7.99. The summed E-state index contributed by atoms with van der Waals surface area (Å²) in [5, 5.41) is 9.27. The molecule has 6 rings (SSSR count). The van der Waals surface area contributed by atoms with Crippen LogP contribution >= 0.6 is 11.8 Å². The van der Waals surface area contributed by atoms with Crippen LogP contribution in [0.4, 0.5) is 13.2 Å². The number of halogens is 3. The van der Waals surface area contributed by atoms with Crippen molar-refractivity contribution >= 4 is 17.7 Å². The van der Waals surface area contributed by atoms with E-state index in [4.69, 9.17) is 0 Å². The van der Waals surface area contributed by atoms with Crippen LogP contribution in [0, 0.1) is 24.4 Å². The molecule has 2 atom stereocenters. The Morgan fingerprint density at radius 3 is 2.34 bits per heavy atom. The predicted molar refractivity (Wildman–Crippen MR) is 162 cm³/mol. The smallest absolute Gasteiger partial charge is 0.252 e. The summed E-state index contributed by atoms with van der Waals surface area (Å²) in [6.07, 6.45) is 1.65. The number of piperazine rings is 1. The number of thioether (sulfide) groups is 1. The molecule has 0 saturated carbocycles. The molecule has 8 nitrogen and oxygen atoms in total. The summed E-state index contributed by atoms with van der Waals surface area (Å²) in [5.74, 6) is -2.52. The number of benzene rings is 2. The number of carbonyl (C=O) groups excluding carboxylic acids is 1. The molecular formula is C32H33F3N6O2S. The summed E-state index contributed by atoms with van der Waals surface area (Å²) in [6, 6.07) is 11.4. The molecule has 0 N–H and O–H groups in total. The molecule has 1 fully saturated rings. The minimum atomic E-state index is -0.982. The zero-order chi connectivity index (χ0) is 31.3. The molecule has 0 aliphatic carbocycles. The summed E-state index contributed by atoms with van der Waals surface area (Å²) < 4.78 is 45.3. The lowest BCUT2D eigenvalue weighted by Crippen LogP contribution is -2.55. The Balaban J connectivity index is 1.16. The number of hydrogen-bond donors (Lipinski definition) is 0. The monoisotopic (exact) mass is 622 g/mol. The number of amides is 1. The van der Waals surface area contributed by atoms with Gasteiger partial charge in [0.2, 0.25) is 5.91 Å². The van der Waals surface area contributed by atoms with Crippen molar-refractivity contribution in [3.05, 3.63) is 99.4 Å². The van der Waals surface area contributed by atoms with Gasteiger partial charge in [0.1, 0.15) is 29.2 Å². The molecule has 2 aliphatic heterocycles. The van der Waals surface area contributed by atoms with E-state index in [0.717, 1.165) is 21.7 Å². The van der Waals surface area contributed by atoms with E-state index < -0.39 is 35.1 Å². The quantitative estimate of drug-likeness (QED) is 0.296. The summed E-state index contributed by atoms with van der Waals surface area (Å²) in [4.78, 5) is 30.9. The van der Waals surface area contributed by atoms with E-state index in [1.165, 1.54) is 4.68 Å². The lowest BCUT2D eigenvalue weighted by Gasteiger charge is -2.43. The van der Waals surface area contributed by atoms with Gasteiger partial charge in [-0.1, -0.05) is 35.5 Å². The number of fused-ring (bicyclic) bond motifs is 1. The van der Waals surface area contributed by atoms with Crippen LogP contribution in [-0.2, 0) is 10.3 Å². The Morgan fingerprint density at radius 2 is 1.68 bits per heavy atom. The van der Waals surface area contributed by atoms with Gasteiger partial charge in [0, 0.05) is 61.3 Å². The molecule has 0 radical (unpaired) electrons. The lowest BCUT2D eigenvalue weighted by atomic mass is 9.97. The van der Waals surface area contributed by atoms with E-state index in [9.17, 15) is 22.8 Å². The summed E-state index contributed by atoms with van der Waals surface area (Å²) in [5.41, 5.74) is 2.45. The van der Waals surface area contributed by atoms with Crippen molar-refractivity contribution in [2.45, 2.75) is 50.3 Å². The molecule has 2 aromatic carbocycles. The fourth-order valence-electron chi connectivity index (χ4n) is 6.21. The normalized spacial score (nSPS) is 18.0. The van der Waals surface area contributed by atoms with Gasteiger partial charge in [0.25, 0.3) is 5.56 Å². The highest BCUT2D eigenvalue weighted by Gasteiger charge is 2.39. The second kappa shape index (κ2) is 11.6. The first-order valence-corrected chi connectivity index (χ1v) is 15.5. The van der Waals surface area contributed by atoms with Gasteiger partial charge >= 0.3 is 0 Å². The maximum absolute atomic E-state index is 14.4. The van der Waals surface area contributed by atoms with Crippen LogP contribution in [0.2, 0.25) is 0 Å². The third-order valence-corrected chi connectivity index (χ3v) is 9.98. The largest absolute Gasteiger partial charge is 0.338 e. The third-order valence-electron chi connectivity index (χ3n) is 8.82. The molecule has 1 amide bonds. The van der Waals surface area contributed by atoms with Crippen LogP contribution in [0.15, 0.2) is 64.5 Å². The second-order valence-electron chi connectivity index (χ2n) is 11.8. The van der Waals surface area contributed by atoms with Crippen molar-refractivity contribution < 1.29 is 18.0 Å². The van der Waals surface area contributed by atoms with E-state index in [2.05, 4.69) is 15.2 Å². The van der Waals surface area contributed by atoms with Crippen LogP contribution in [-0.4, -0.2) is 67.2 Å². The summed E-state index contributed by atoms with van der Waals surface area (Å²) in [6.45, 7) is 9.55. The number of hydrogen-bond acceptors (Lipinski definition) is 6. The molecule has 12 heteroatoms. The molecule has 230 valence electrons. The molecule has 1 saturated heterocycles. The Labute approximate surface area is 257 Å². The van der Waals surface area contributed by atoms with E-state index in [1.807, 2.05) is 56.0 Å². The molecule has 4 heterocycles. The number of carbonyl (C=O) groups is 1. The standard InChI is InChI=1S/C32H33F3N6O2S/c1-19-14-27(42)41-25(18-44-31(41)28(19)21-8-6-5-7-9-21)30(43)38-10-12-39(13-11-38)32(3,4)26-17-40(37-36-26)20(2)29-23(34)15-22(33)16-24(29)35/h5-9,14-17,20,25H,10-13,18H2,1-4H3/t20-,25?/m0/s1. The average Bonchev–Trinajstić information content (AvgIpc) is 3.66. The van der Waals surface area contributed by atoms with Gasteiger partial charge in [-0.05, 0) is 38.8 Å². The van der Waals surface area contributed by atoms with Gasteiger partial charge in [-0.25, -0.2) is 17.9 Å². The van der Waals surface area contributed by atoms with Crippen molar-refractivity contribution in [3.8, 4) is 11.1 Å². The molecule has 2 aliphatic rings. The number of pyridine rings is 1. The van der Waals surface area contributed by atoms with Crippen LogP contribution in [0.1, 0.15) is 49.7 Å². The number of rotatable bonds is 6. The minimum absolute atomic E-state index is 0.0678. The Kier molecular flexibility index (Phi) is 7.91. The first-order valence-electron chi connectivity index (χ1n) is 14.5. The Hall–Kier alpha value is -3.90. The fraction of sp³-hybridized carbons (Fsp3) is 0.375. The Bertz CT molecular complexity index is 1760. The lowest BCUT2D eigenvalue weighted by molar-refractivity contribution is -0.137. The van der Waals surface area contributed by atoms with E-state index in [1.54, 1.807) is 35.5 Å². The van der Waals surface area contributed by atoms with Crippen LogP contribution < -0.4 is 5.56 Å². The third kappa shape index (κ3) is 5.23. The van der Waals surface area contributed by atoms with Crippen molar-refractivity contribution in [2.75, 3.05) is 31.9 Å². The van der Waals surface area contributed by atoms with E-state index in [0.29, 0.717) is 49.8 Å². The van der Waals surface area contributed by atoms with Gasteiger partial charge in [0.05, 0.1) is 22.8 Å². The first-order chi connectivity index (χ1) is 21.0. The van der Waals surface area contributed by atoms with E-state index in [-0.39, 0.29) is 17.0 Å². The van der Waals surface area contributed by atoms with Crippen LogP contribution in [0.5, 0.6) is 0 Å². The van der Waals surface area contributed by atoms with Crippen molar-refractivity contribution in [1.82, 2.24) is 29.4 Å². The summed E-state index contributed by atoms with van der Waals surface area (Å²) >= 11 is 1.55. The maximum atomic E-state index is 14.4. The SMILES string of the molecule is Cc1cc(=O)n2c(c1-c1ccccc1)SCC2C(=O)N1CCN(C(C)(C)c2cn([C@@H](C)c3c(F)cc(F)cc3F)nn2)CC1. The molecule has 0 spiro atoms. The van der Waals surface area contributed by atoms with Crippen molar-refractivity contribution in [2.24, 2.45) is 0 Å². The summed E-state index contributed by atoms with van der Waals surface area (Å²) in [7, 11) is 0. The first kappa shape index (κ1) is 30.1. The van der Waals surface area contributed by atoms with Crippen molar-refractivity contribution in [1.29, 1.82) is 0 Å². The zero-order valence-electron chi connectivity index (χ0n) is 24.9. The number of aromatic nitrogens is 4. The molecule has 0 bridgehead atoms. The van der Waals surface area contributed by atoms with Gasteiger partial charge in [-0.15, -0.1) is 16.9 Å². The average molecular weight is 623 g/mol. The van der Waals surface area contributed by atoms with E-state index >= 15 is 0 Å². The maximum Gasteiger partial charge on any atom is 0.252 e. The topological polar surface area (TPSA) is 76.3 Å². The zero-order valence-corrected chi connectivity index (χ0v) is 25.7. The van der Waals surface area contributed by atoms with Crippen LogP contribution in [0.25, 0.3) is 11.1 Å². The number of nitrogens with zero attached hydrogens (tertiary/aromatic N) is 6. The van der Waals surface area contributed by atoms with Gasteiger partial charge in [-0.2, -0.15) is 0 Å². The molecule has 4 aromatic rings. The van der Waals surface area contributed by atoms with Gasteiger partial charge in [-0.3, -0.25) is 19.1 Å². The van der Waals surface area contributed by atoms with Gasteiger partial charge in [0.15, 0.2) is 0 Å². The van der Waals surface area contributed by atoms with Crippen LogP contribution in [0.3, 0.4) is 0 Å². The minimum Gasteiger partial charge on any atom is -0.338 e.